The number of anilines is 2. The predicted octanol–water partition coefficient (Wildman–Crippen LogP) is 1.65. The Morgan fingerprint density at radius 3 is 2.60 bits per heavy atom. The van der Waals surface area contributed by atoms with Gasteiger partial charge >= 0.3 is 5.97 Å². The fourth-order valence-corrected chi connectivity index (χ4v) is 2.51. The molecule has 1 amide bonds. The number of aromatic nitrogens is 2. The van der Waals surface area contributed by atoms with Gasteiger partial charge < -0.3 is 20.8 Å². The number of nitrogens with zero attached hydrogens (tertiary/aromatic N) is 1. The van der Waals surface area contributed by atoms with Gasteiger partial charge in [-0.25, -0.2) is 9.78 Å². The number of thioether (sulfide) groups is 1. The highest BCUT2D eigenvalue weighted by Crippen LogP contribution is 2.14. The maximum absolute atomic E-state index is 11.9. The SMILES string of the molecule is CC(C)OC(=O)c1ccc(NC(=O)CSc2nc(N)cc(=O)[nH]2)cc1. The first-order valence-electron chi connectivity index (χ1n) is 7.44. The Hall–Kier alpha value is -2.81. The summed E-state index contributed by atoms with van der Waals surface area (Å²) in [6.45, 7) is 3.54. The molecule has 1 aromatic carbocycles. The minimum atomic E-state index is -0.417. The standard InChI is InChI=1S/C16H18N4O4S/c1-9(2)24-15(23)10-3-5-11(6-4-10)18-14(22)8-25-16-19-12(17)7-13(21)20-16/h3-7,9H,8H2,1-2H3,(H,18,22)(H3,17,19,20,21). The van der Waals surface area contributed by atoms with Crippen molar-refractivity contribution in [3.05, 3.63) is 46.2 Å². The van der Waals surface area contributed by atoms with Crippen molar-refractivity contribution in [1.29, 1.82) is 0 Å². The molecule has 8 nitrogen and oxygen atoms in total. The maximum atomic E-state index is 11.9. The average Bonchev–Trinajstić information content (AvgIpc) is 2.52. The monoisotopic (exact) mass is 362 g/mol. The van der Waals surface area contributed by atoms with Crippen molar-refractivity contribution in [1.82, 2.24) is 9.97 Å². The third-order valence-electron chi connectivity index (χ3n) is 2.83. The molecule has 25 heavy (non-hydrogen) atoms. The van der Waals surface area contributed by atoms with Crippen LogP contribution >= 0.6 is 11.8 Å². The molecule has 0 radical (unpaired) electrons. The second kappa shape index (κ2) is 8.34. The lowest BCUT2D eigenvalue weighted by Gasteiger charge is -2.09. The molecule has 0 spiro atoms. The summed E-state index contributed by atoms with van der Waals surface area (Å²) < 4.78 is 5.09. The summed E-state index contributed by atoms with van der Waals surface area (Å²) in [6, 6.07) is 7.53. The van der Waals surface area contributed by atoms with E-state index in [0.29, 0.717) is 11.3 Å². The van der Waals surface area contributed by atoms with E-state index < -0.39 is 5.97 Å². The van der Waals surface area contributed by atoms with Gasteiger partial charge in [0, 0.05) is 11.8 Å². The van der Waals surface area contributed by atoms with Crippen molar-refractivity contribution in [2.75, 3.05) is 16.8 Å². The Labute approximate surface area is 148 Å². The first kappa shape index (κ1) is 18.5. The Balaban J connectivity index is 1.90. The van der Waals surface area contributed by atoms with Crippen LogP contribution in [0, 0.1) is 0 Å². The molecule has 0 fully saturated rings. The van der Waals surface area contributed by atoms with Gasteiger partial charge in [0.15, 0.2) is 5.16 Å². The van der Waals surface area contributed by atoms with E-state index in [1.165, 1.54) is 0 Å². The van der Waals surface area contributed by atoms with Crippen LogP contribution < -0.4 is 16.6 Å². The van der Waals surface area contributed by atoms with E-state index in [9.17, 15) is 14.4 Å². The summed E-state index contributed by atoms with van der Waals surface area (Å²) in [7, 11) is 0. The van der Waals surface area contributed by atoms with Gasteiger partial charge in [0.05, 0.1) is 17.4 Å². The first-order valence-corrected chi connectivity index (χ1v) is 8.42. The Morgan fingerprint density at radius 1 is 1.32 bits per heavy atom. The van der Waals surface area contributed by atoms with E-state index in [0.717, 1.165) is 17.8 Å². The molecule has 0 aliphatic heterocycles. The third-order valence-corrected chi connectivity index (χ3v) is 3.70. The Morgan fingerprint density at radius 2 is 2.00 bits per heavy atom. The number of hydrogen-bond donors (Lipinski definition) is 3. The highest BCUT2D eigenvalue weighted by molar-refractivity contribution is 7.99. The van der Waals surface area contributed by atoms with Crippen LogP contribution in [0.15, 0.2) is 40.3 Å². The zero-order valence-electron chi connectivity index (χ0n) is 13.7. The van der Waals surface area contributed by atoms with Crippen LogP contribution in [0.5, 0.6) is 0 Å². The summed E-state index contributed by atoms with van der Waals surface area (Å²) in [5, 5.41) is 2.96. The van der Waals surface area contributed by atoms with Gasteiger partial charge in [-0.15, -0.1) is 0 Å². The lowest BCUT2D eigenvalue weighted by atomic mass is 10.2. The fourth-order valence-electron chi connectivity index (χ4n) is 1.82. The molecule has 0 unspecified atom stereocenters. The van der Waals surface area contributed by atoms with Crippen LogP contribution in [-0.2, 0) is 9.53 Å². The fraction of sp³-hybridized carbons (Fsp3) is 0.250. The number of amides is 1. The smallest absolute Gasteiger partial charge is 0.338 e. The molecule has 0 atom stereocenters. The summed E-state index contributed by atoms with van der Waals surface area (Å²) in [4.78, 5) is 41.4. The van der Waals surface area contributed by atoms with Gasteiger partial charge in [-0.1, -0.05) is 11.8 Å². The molecule has 0 saturated heterocycles. The molecule has 0 aliphatic rings. The van der Waals surface area contributed by atoms with Gasteiger partial charge in [-0.2, -0.15) is 0 Å². The van der Waals surface area contributed by atoms with Gasteiger partial charge in [-0.3, -0.25) is 9.59 Å². The number of esters is 1. The number of benzene rings is 1. The van der Waals surface area contributed by atoms with Crippen molar-refractivity contribution in [3.8, 4) is 0 Å². The quantitative estimate of drug-likeness (QED) is 0.405. The topological polar surface area (TPSA) is 127 Å². The van der Waals surface area contributed by atoms with Crippen LogP contribution in [-0.4, -0.2) is 33.7 Å². The average molecular weight is 362 g/mol. The van der Waals surface area contributed by atoms with E-state index in [-0.39, 0.29) is 34.3 Å². The number of nitrogens with two attached hydrogens (primary N) is 1. The number of ether oxygens (including phenoxy) is 1. The molecule has 9 heteroatoms. The Bertz CT molecular complexity index is 818. The lowest BCUT2D eigenvalue weighted by Crippen LogP contribution is -2.16. The largest absolute Gasteiger partial charge is 0.459 e. The number of nitrogens with one attached hydrogen (secondary N) is 2. The van der Waals surface area contributed by atoms with Crippen molar-refractivity contribution < 1.29 is 14.3 Å². The van der Waals surface area contributed by atoms with Gasteiger partial charge in [-0.05, 0) is 38.1 Å². The van der Waals surface area contributed by atoms with Crippen LogP contribution in [0.2, 0.25) is 0 Å². The van der Waals surface area contributed by atoms with Crippen LogP contribution in [0.4, 0.5) is 11.5 Å². The number of nitrogen functional groups attached to an aromatic ring is 1. The van der Waals surface area contributed by atoms with Crippen molar-refractivity contribution >= 4 is 35.1 Å². The highest BCUT2D eigenvalue weighted by Gasteiger charge is 2.10. The number of aromatic amines is 1. The molecule has 0 aliphatic carbocycles. The molecule has 132 valence electrons. The molecule has 1 aromatic heterocycles. The molecule has 1 heterocycles. The molecule has 0 saturated carbocycles. The second-order valence-corrected chi connectivity index (χ2v) is 6.31. The highest BCUT2D eigenvalue weighted by atomic mass is 32.2. The molecule has 2 rings (SSSR count). The van der Waals surface area contributed by atoms with Crippen molar-refractivity contribution in [3.63, 3.8) is 0 Å². The molecular formula is C16H18N4O4S. The van der Waals surface area contributed by atoms with Gasteiger partial charge in [0.1, 0.15) is 5.82 Å². The van der Waals surface area contributed by atoms with Gasteiger partial charge in [0.2, 0.25) is 5.91 Å². The summed E-state index contributed by atoms with van der Waals surface area (Å²) in [5.41, 5.74) is 6.05. The summed E-state index contributed by atoms with van der Waals surface area (Å²) in [6.07, 6.45) is -0.198. The minimum absolute atomic E-state index is 0.0452. The molecule has 4 N–H and O–H groups in total. The maximum Gasteiger partial charge on any atom is 0.338 e. The van der Waals surface area contributed by atoms with Crippen LogP contribution in [0.1, 0.15) is 24.2 Å². The number of hydrogen-bond acceptors (Lipinski definition) is 7. The Kier molecular flexibility index (Phi) is 6.18. The number of rotatable bonds is 6. The van der Waals surface area contributed by atoms with Crippen molar-refractivity contribution in [2.45, 2.75) is 25.1 Å². The van der Waals surface area contributed by atoms with E-state index in [2.05, 4.69) is 15.3 Å². The van der Waals surface area contributed by atoms with Crippen LogP contribution in [0.3, 0.4) is 0 Å². The summed E-state index contributed by atoms with van der Waals surface area (Å²) in [5.74, 6) is -0.563. The summed E-state index contributed by atoms with van der Waals surface area (Å²) >= 11 is 1.06. The molecule has 2 aromatic rings. The number of carbonyl (C=O) groups is 2. The van der Waals surface area contributed by atoms with E-state index in [1.807, 2.05) is 0 Å². The third kappa shape index (κ3) is 5.96. The first-order chi connectivity index (χ1) is 11.8. The number of carbonyl (C=O) groups excluding carboxylic acids is 2. The lowest BCUT2D eigenvalue weighted by molar-refractivity contribution is -0.113. The molecule has 0 bridgehead atoms. The minimum Gasteiger partial charge on any atom is -0.459 e. The second-order valence-electron chi connectivity index (χ2n) is 5.34. The van der Waals surface area contributed by atoms with E-state index in [4.69, 9.17) is 10.5 Å². The van der Waals surface area contributed by atoms with Gasteiger partial charge in [0.25, 0.3) is 5.56 Å². The zero-order chi connectivity index (χ0) is 18.4. The predicted molar refractivity (Wildman–Crippen MR) is 95.6 cm³/mol. The molecular weight excluding hydrogens is 344 g/mol. The van der Waals surface area contributed by atoms with E-state index >= 15 is 0 Å². The van der Waals surface area contributed by atoms with Crippen molar-refractivity contribution in [2.24, 2.45) is 0 Å². The van der Waals surface area contributed by atoms with Crippen LogP contribution in [0.25, 0.3) is 0 Å². The zero-order valence-corrected chi connectivity index (χ0v) is 14.6. The number of H-pyrrole nitrogens is 1. The van der Waals surface area contributed by atoms with E-state index in [1.54, 1.807) is 38.1 Å². The normalized spacial score (nSPS) is 10.5.